The standard InChI is InChI=1S/C12H13BrFN3S/c1-7-16-12(6-18-7)11(17-15)5-8-4-9(14)2-3-10(8)13/h2-4,6,11,17H,5,15H2,1H3. The Labute approximate surface area is 117 Å². The van der Waals surface area contributed by atoms with Crippen LogP contribution in [0.25, 0.3) is 0 Å². The summed E-state index contributed by atoms with van der Waals surface area (Å²) in [6.07, 6.45) is 0.581. The lowest BCUT2D eigenvalue weighted by Gasteiger charge is -2.14. The van der Waals surface area contributed by atoms with Crippen molar-refractivity contribution in [2.45, 2.75) is 19.4 Å². The Kier molecular flexibility index (Phi) is 4.45. The van der Waals surface area contributed by atoms with E-state index in [1.54, 1.807) is 17.4 Å². The zero-order valence-electron chi connectivity index (χ0n) is 9.78. The molecule has 2 aromatic rings. The maximum Gasteiger partial charge on any atom is 0.123 e. The van der Waals surface area contributed by atoms with Crippen LogP contribution in [0.4, 0.5) is 4.39 Å². The monoisotopic (exact) mass is 329 g/mol. The second-order valence-corrected chi connectivity index (χ2v) is 5.87. The first-order valence-corrected chi connectivity index (χ1v) is 7.09. The molecular formula is C12H13BrFN3S. The van der Waals surface area contributed by atoms with Gasteiger partial charge in [0.1, 0.15) is 5.82 Å². The fraction of sp³-hybridized carbons (Fsp3) is 0.250. The van der Waals surface area contributed by atoms with Crippen LogP contribution in [-0.4, -0.2) is 4.98 Å². The van der Waals surface area contributed by atoms with Gasteiger partial charge in [-0.2, -0.15) is 0 Å². The van der Waals surface area contributed by atoms with E-state index >= 15 is 0 Å². The van der Waals surface area contributed by atoms with E-state index in [9.17, 15) is 4.39 Å². The van der Waals surface area contributed by atoms with E-state index in [1.165, 1.54) is 12.1 Å². The molecule has 0 aliphatic rings. The first-order valence-electron chi connectivity index (χ1n) is 5.42. The molecule has 1 heterocycles. The van der Waals surface area contributed by atoms with E-state index in [0.717, 1.165) is 20.7 Å². The van der Waals surface area contributed by atoms with Crippen molar-refractivity contribution in [1.29, 1.82) is 0 Å². The Balaban J connectivity index is 2.22. The van der Waals surface area contributed by atoms with E-state index in [2.05, 4.69) is 26.3 Å². The van der Waals surface area contributed by atoms with Gasteiger partial charge in [-0.15, -0.1) is 11.3 Å². The van der Waals surface area contributed by atoms with Gasteiger partial charge >= 0.3 is 0 Å². The molecule has 1 unspecified atom stereocenters. The van der Waals surface area contributed by atoms with E-state index in [0.29, 0.717) is 6.42 Å². The molecule has 2 rings (SSSR count). The van der Waals surface area contributed by atoms with Crippen LogP contribution in [0.3, 0.4) is 0 Å². The molecule has 1 aromatic carbocycles. The molecule has 1 atom stereocenters. The van der Waals surface area contributed by atoms with Crippen molar-refractivity contribution in [1.82, 2.24) is 10.4 Å². The van der Waals surface area contributed by atoms with Crippen molar-refractivity contribution in [2.24, 2.45) is 5.84 Å². The summed E-state index contributed by atoms with van der Waals surface area (Å²) in [5, 5.41) is 2.95. The maximum absolute atomic E-state index is 13.2. The summed E-state index contributed by atoms with van der Waals surface area (Å²) >= 11 is 4.99. The van der Waals surface area contributed by atoms with E-state index in [4.69, 9.17) is 5.84 Å². The van der Waals surface area contributed by atoms with Gasteiger partial charge in [0.2, 0.25) is 0 Å². The number of nitrogens with zero attached hydrogens (tertiary/aromatic N) is 1. The predicted molar refractivity (Wildman–Crippen MR) is 74.7 cm³/mol. The summed E-state index contributed by atoms with van der Waals surface area (Å²) in [7, 11) is 0. The summed E-state index contributed by atoms with van der Waals surface area (Å²) in [6.45, 7) is 1.94. The van der Waals surface area contributed by atoms with Crippen LogP contribution in [0.1, 0.15) is 22.3 Å². The van der Waals surface area contributed by atoms with Crippen LogP contribution >= 0.6 is 27.3 Å². The molecule has 18 heavy (non-hydrogen) atoms. The van der Waals surface area contributed by atoms with Gasteiger partial charge in [-0.3, -0.25) is 11.3 Å². The van der Waals surface area contributed by atoms with Crippen molar-refractivity contribution in [3.8, 4) is 0 Å². The normalized spacial score (nSPS) is 12.7. The third kappa shape index (κ3) is 3.14. The van der Waals surface area contributed by atoms with Gasteiger partial charge in [0.25, 0.3) is 0 Å². The van der Waals surface area contributed by atoms with Gasteiger partial charge in [-0.25, -0.2) is 9.37 Å². The van der Waals surface area contributed by atoms with E-state index in [1.807, 2.05) is 12.3 Å². The largest absolute Gasteiger partial charge is 0.271 e. The number of nitrogens with two attached hydrogens (primary N) is 1. The first kappa shape index (κ1) is 13.6. The van der Waals surface area contributed by atoms with Gasteiger partial charge in [-0.1, -0.05) is 15.9 Å². The fourth-order valence-corrected chi connectivity index (χ4v) is 2.78. The van der Waals surface area contributed by atoms with Gasteiger partial charge in [0.15, 0.2) is 0 Å². The van der Waals surface area contributed by atoms with Gasteiger partial charge in [-0.05, 0) is 37.1 Å². The summed E-state index contributed by atoms with van der Waals surface area (Å²) < 4.78 is 14.1. The van der Waals surface area contributed by atoms with Crippen molar-refractivity contribution in [3.63, 3.8) is 0 Å². The average Bonchev–Trinajstić information content (AvgIpc) is 2.77. The van der Waals surface area contributed by atoms with Crippen LogP contribution in [0.5, 0.6) is 0 Å². The predicted octanol–water partition coefficient (Wildman–Crippen LogP) is 3.10. The Hall–Kier alpha value is -0.820. The minimum absolute atomic E-state index is 0.118. The molecule has 0 aliphatic heterocycles. The van der Waals surface area contributed by atoms with Crippen LogP contribution in [0, 0.1) is 12.7 Å². The number of halogens is 2. The van der Waals surface area contributed by atoms with E-state index < -0.39 is 0 Å². The lowest BCUT2D eigenvalue weighted by Crippen LogP contribution is -2.30. The second kappa shape index (κ2) is 5.88. The zero-order valence-corrected chi connectivity index (χ0v) is 12.2. The lowest BCUT2D eigenvalue weighted by molar-refractivity contribution is 0.536. The second-order valence-electron chi connectivity index (χ2n) is 3.95. The highest BCUT2D eigenvalue weighted by molar-refractivity contribution is 9.10. The Morgan fingerprint density at radius 3 is 2.94 bits per heavy atom. The first-order chi connectivity index (χ1) is 8.60. The number of benzene rings is 1. The molecule has 0 saturated carbocycles. The number of aromatic nitrogens is 1. The number of hydrogen-bond donors (Lipinski definition) is 2. The number of hydrazine groups is 1. The van der Waals surface area contributed by atoms with Crippen LogP contribution in [0.15, 0.2) is 28.1 Å². The molecule has 0 radical (unpaired) electrons. The van der Waals surface area contributed by atoms with Crippen molar-refractivity contribution in [3.05, 3.63) is 50.1 Å². The van der Waals surface area contributed by atoms with Gasteiger partial charge < -0.3 is 0 Å². The maximum atomic E-state index is 13.2. The zero-order chi connectivity index (χ0) is 13.1. The molecule has 3 nitrogen and oxygen atoms in total. The molecule has 1 aromatic heterocycles. The molecule has 0 aliphatic carbocycles. The average molecular weight is 330 g/mol. The quantitative estimate of drug-likeness (QED) is 0.669. The Bertz CT molecular complexity index is 544. The molecule has 0 saturated heterocycles. The highest BCUT2D eigenvalue weighted by Crippen LogP contribution is 2.25. The van der Waals surface area contributed by atoms with Crippen molar-refractivity contribution >= 4 is 27.3 Å². The molecular weight excluding hydrogens is 317 g/mol. The van der Waals surface area contributed by atoms with Crippen molar-refractivity contribution in [2.75, 3.05) is 0 Å². The third-order valence-electron chi connectivity index (χ3n) is 2.63. The summed E-state index contributed by atoms with van der Waals surface area (Å²) in [5.74, 6) is 5.30. The Morgan fingerprint density at radius 2 is 2.33 bits per heavy atom. The molecule has 0 amide bonds. The fourth-order valence-electron chi connectivity index (χ4n) is 1.71. The van der Waals surface area contributed by atoms with Crippen LogP contribution < -0.4 is 11.3 Å². The lowest BCUT2D eigenvalue weighted by atomic mass is 10.0. The van der Waals surface area contributed by atoms with Gasteiger partial charge in [0.05, 0.1) is 16.7 Å². The summed E-state index contributed by atoms with van der Waals surface area (Å²) in [4.78, 5) is 4.40. The van der Waals surface area contributed by atoms with Gasteiger partial charge in [0, 0.05) is 9.85 Å². The Morgan fingerprint density at radius 1 is 1.56 bits per heavy atom. The van der Waals surface area contributed by atoms with Crippen molar-refractivity contribution < 1.29 is 4.39 Å². The molecule has 3 N–H and O–H groups in total. The minimum Gasteiger partial charge on any atom is -0.271 e. The molecule has 0 bridgehead atoms. The summed E-state index contributed by atoms with van der Waals surface area (Å²) in [6, 6.07) is 4.51. The van der Waals surface area contributed by atoms with Crippen LogP contribution in [0.2, 0.25) is 0 Å². The third-order valence-corrected chi connectivity index (χ3v) is 4.19. The minimum atomic E-state index is -0.251. The van der Waals surface area contributed by atoms with E-state index in [-0.39, 0.29) is 11.9 Å². The summed E-state index contributed by atoms with van der Waals surface area (Å²) in [5.41, 5.74) is 4.48. The van der Waals surface area contributed by atoms with Crippen LogP contribution in [-0.2, 0) is 6.42 Å². The molecule has 0 spiro atoms. The topological polar surface area (TPSA) is 50.9 Å². The SMILES string of the molecule is Cc1nc(C(Cc2cc(F)ccc2Br)NN)cs1. The molecule has 0 fully saturated rings. The number of rotatable bonds is 4. The molecule has 96 valence electrons. The number of aryl methyl sites for hydroxylation is 1. The number of thiazole rings is 1. The molecule has 6 heteroatoms. The highest BCUT2D eigenvalue weighted by Gasteiger charge is 2.15. The highest BCUT2D eigenvalue weighted by atomic mass is 79.9. The number of hydrogen-bond acceptors (Lipinski definition) is 4. The smallest absolute Gasteiger partial charge is 0.123 e. The number of nitrogens with one attached hydrogen (secondary N) is 1.